The van der Waals surface area contributed by atoms with E-state index in [9.17, 15) is 17.6 Å². The number of rotatable bonds is 0. The molecule has 0 aliphatic rings. The molecule has 0 saturated carbocycles. The second-order valence-corrected chi connectivity index (χ2v) is 1.78. The first-order chi connectivity index (χ1) is 6.81. The molecule has 84 valence electrons. The van der Waals surface area contributed by atoms with Gasteiger partial charge >= 0.3 is 6.18 Å². The summed E-state index contributed by atoms with van der Waals surface area (Å²) < 4.78 is 44.1. The van der Waals surface area contributed by atoms with Crippen LogP contribution in [0.2, 0.25) is 0 Å². The van der Waals surface area contributed by atoms with Crippen molar-refractivity contribution in [1.29, 1.82) is 5.26 Å². The Balaban J connectivity index is -0.000000173. The number of hydrogen-bond acceptors (Lipinski definition) is 1. The van der Waals surface area contributed by atoms with Crippen molar-refractivity contribution in [3.05, 3.63) is 42.9 Å². The number of alkyl halides is 3. The summed E-state index contributed by atoms with van der Waals surface area (Å²) in [7, 11) is 0. The number of halogens is 5. The minimum atomic E-state index is -4.91. The summed E-state index contributed by atoms with van der Waals surface area (Å²) in [6, 6.07) is 1.69. The average Bonchev–Trinajstić information content (AvgIpc) is 2.17. The van der Waals surface area contributed by atoms with Crippen molar-refractivity contribution in [1.82, 2.24) is 0 Å². The Morgan fingerprint density at radius 2 is 1.60 bits per heavy atom. The lowest BCUT2D eigenvalue weighted by Gasteiger charge is -1.96. The van der Waals surface area contributed by atoms with Crippen molar-refractivity contribution < 1.29 is 17.6 Å². The summed E-state index contributed by atoms with van der Waals surface area (Å²) in [5.74, 6) is -2.28. The Labute approximate surface area is 90.3 Å². The monoisotopic (exact) mass is 241 g/mol. The van der Waals surface area contributed by atoms with Crippen LogP contribution >= 0.6 is 11.6 Å². The van der Waals surface area contributed by atoms with E-state index in [0.29, 0.717) is 0 Å². The SMILES string of the molecule is C=C=C(F)C(F)(F)F.C=CC#N.C=CCl. The first kappa shape index (κ1) is 19.1. The van der Waals surface area contributed by atoms with Crippen LogP contribution in [0.1, 0.15) is 0 Å². The maximum absolute atomic E-state index is 11.3. The molecule has 0 rings (SSSR count). The van der Waals surface area contributed by atoms with E-state index in [1.54, 1.807) is 6.07 Å². The normalized spacial score (nSPS) is 7.47. The second-order valence-electron chi connectivity index (χ2n) is 1.48. The maximum atomic E-state index is 11.3. The molecule has 6 heteroatoms. The molecule has 0 fully saturated rings. The van der Waals surface area contributed by atoms with Crippen LogP contribution in [0.15, 0.2) is 42.9 Å². The molecule has 0 radical (unpaired) electrons. The van der Waals surface area contributed by atoms with Gasteiger partial charge in [0, 0.05) is 6.08 Å². The van der Waals surface area contributed by atoms with Crippen molar-refractivity contribution in [2.75, 3.05) is 0 Å². The molecule has 0 aliphatic carbocycles. The van der Waals surface area contributed by atoms with Crippen LogP contribution in [-0.4, -0.2) is 6.18 Å². The minimum Gasteiger partial charge on any atom is -0.193 e. The van der Waals surface area contributed by atoms with E-state index in [-0.39, 0.29) is 0 Å². The lowest BCUT2D eigenvalue weighted by molar-refractivity contribution is -0.108. The van der Waals surface area contributed by atoms with E-state index < -0.39 is 12.0 Å². The Hall–Kier alpha value is -1.50. The van der Waals surface area contributed by atoms with E-state index >= 15 is 0 Å². The minimum absolute atomic E-state index is 1.08. The summed E-state index contributed by atoms with van der Waals surface area (Å²) in [6.45, 7) is 8.71. The van der Waals surface area contributed by atoms with Gasteiger partial charge in [-0.05, 0) is 5.54 Å². The molecule has 15 heavy (non-hydrogen) atoms. The van der Waals surface area contributed by atoms with Gasteiger partial charge in [-0.2, -0.15) is 22.8 Å². The number of allylic oxidation sites excluding steroid dienone is 2. The highest BCUT2D eigenvalue weighted by atomic mass is 35.5. The standard InChI is InChI=1S/C4H2F4.C3H3N.C2H3Cl/c1-2-3(5)4(6,7)8;1-2-3-4;1-2-3/h1H2;2H,1H2;2H,1H2. The van der Waals surface area contributed by atoms with Crippen LogP contribution in [0, 0.1) is 11.3 Å². The third kappa shape index (κ3) is 24.5. The molecular formula is C9H8ClF4N. The van der Waals surface area contributed by atoms with Crippen LogP contribution in [0.25, 0.3) is 0 Å². The van der Waals surface area contributed by atoms with Gasteiger partial charge in [-0.3, -0.25) is 0 Å². The van der Waals surface area contributed by atoms with Crippen molar-refractivity contribution >= 4 is 11.6 Å². The van der Waals surface area contributed by atoms with Crippen molar-refractivity contribution in [2.45, 2.75) is 6.18 Å². The molecule has 0 aromatic carbocycles. The van der Waals surface area contributed by atoms with E-state index in [1.807, 2.05) is 0 Å². The van der Waals surface area contributed by atoms with Crippen LogP contribution in [0.3, 0.4) is 0 Å². The molecule has 0 atom stereocenters. The fourth-order valence-corrected chi connectivity index (χ4v) is 0.100. The summed E-state index contributed by atoms with van der Waals surface area (Å²) in [6.07, 6.45) is -3.73. The summed E-state index contributed by atoms with van der Waals surface area (Å²) in [5.41, 5.74) is 2.30. The lowest BCUT2D eigenvalue weighted by Crippen LogP contribution is -2.06. The lowest BCUT2D eigenvalue weighted by atomic mass is 10.5. The Bertz CT molecular complexity index is 269. The van der Waals surface area contributed by atoms with Crippen molar-refractivity contribution in [3.63, 3.8) is 0 Å². The Morgan fingerprint density at radius 3 is 1.60 bits per heavy atom. The van der Waals surface area contributed by atoms with E-state index in [1.165, 1.54) is 11.6 Å². The van der Waals surface area contributed by atoms with Crippen molar-refractivity contribution in [2.24, 2.45) is 0 Å². The molecule has 0 aromatic heterocycles. The van der Waals surface area contributed by atoms with Gasteiger partial charge in [0.15, 0.2) is 0 Å². The highest BCUT2D eigenvalue weighted by Gasteiger charge is 2.34. The number of nitrogens with zero attached hydrogens (tertiary/aromatic N) is 1. The molecule has 0 saturated heterocycles. The predicted octanol–water partition coefficient (Wildman–Crippen LogP) is 4.25. The first-order valence-electron chi connectivity index (χ1n) is 3.16. The number of hydrogen-bond donors (Lipinski definition) is 0. The molecule has 0 aromatic rings. The zero-order valence-corrected chi connectivity index (χ0v) is 8.37. The zero-order valence-electron chi connectivity index (χ0n) is 7.61. The van der Waals surface area contributed by atoms with Gasteiger partial charge in [-0.15, -0.1) is 0 Å². The van der Waals surface area contributed by atoms with Gasteiger partial charge in [0.25, 0.3) is 0 Å². The van der Waals surface area contributed by atoms with Gasteiger partial charge in [-0.25, -0.2) is 0 Å². The third-order valence-corrected chi connectivity index (χ3v) is 0.495. The van der Waals surface area contributed by atoms with E-state index in [2.05, 4.69) is 19.7 Å². The average molecular weight is 242 g/mol. The highest BCUT2D eigenvalue weighted by molar-refractivity contribution is 6.25. The molecular weight excluding hydrogens is 234 g/mol. The van der Waals surface area contributed by atoms with E-state index in [4.69, 9.17) is 16.9 Å². The van der Waals surface area contributed by atoms with Gasteiger partial charge in [-0.1, -0.05) is 37.1 Å². The van der Waals surface area contributed by atoms with Gasteiger partial charge in [0.05, 0.1) is 6.07 Å². The topological polar surface area (TPSA) is 23.8 Å². The number of nitriles is 1. The molecule has 0 N–H and O–H groups in total. The summed E-state index contributed by atoms with van der Waals surface area (Å²) in [4.78, 5) is 0. The van der Waals surface area contributed by atoms with Crippen molar-refractivity contribution in [3.8, 4) is 6.07 Å². The zero-order chi connectivity index (χ0) is 12.9. The molecule has 0 amide bonds. The summed E-state index contributed by atoms with van der Waals surface area (Å²) in [5, 5.41) is 7.51. The summed E-state index contributed by atoms with van der Waals surface area (Å²) >= 11 is 4.76. The van der Waals surface area contributed by atoms with Gasteiger partial charge in [0.2, 0.25) is 5.83 Å². The quantitative estimate of drug-likeness (QED) is 0.353. The largest absolute Gasteiger partial charge is 0.450 e. The molecule has 0 unspecified atom stereocenters. The Morgan fingerprint density at radius 1 is 1.33 bits per heavy atom. The Kier molecular flexibility index (Phi) is 15.9. The molecule has 0 bridgehead atoms. The fraction of sp³-hybridized carbons (Fsp3) is 0.111. The van der Waals surface area contributed by atoms with Crippen LogP contribution in [0.4, 0.5) is 17.6 Å². The van der Waals surface area contributed by atoms with Crippen LogP contribution in [-0.2, 0) is 0 Å². The first-order valence-corrected chi connectivity index (χ1v) is 3.59. The predicted molar refractivity (Wildman–Crippen MR) is 51.7 cm³/mol. The van der Waals surface area contributed by atoms with Crippen LogP contribution < -0.4 is 0 Å². The highest BCUT2D eigenvalue weighted by Crippen LogP contribution is 2.24. The third-order valence-electron chi connectivity index (χ3n) is 0.495. The molecule has 0 aliphatic heterocycles. The van der Waals surface area contributed by atoms with Crippen LogP contribution in [0.5, 0.6) is 0 Å². The molecule has 0 spiro atoms. The smallest absolute Gasteiger partial charge is 0.193 e. The molecule has 1 nitrogen and oxygen atoms in total. The second kappa shape index (κ2) is 12.5. The molecule has 0 heterocycles. The van der Waals surface area contributed by atoms with Gasteiger partial charge in [0.1, 0.15) is 0 Å². The maximum Gasteiger partial charge on any atom is 0.450 e. The van der Waals surface area contributed by atoms with Gasteiger partial charge < -0.3 is 0 Å². The van der Waals surface area contributed by atoms with E-state index in [0.717, 1.165) is 5.73 Å². The fourth-order valence-electron chi connectivity index (χ4n) is 0.100.